The normalized spacial score (nSPS) is 15.4. The number of thiophene rings is 1. The number of fused-ring (bicyclic) bond motifs is 8. The molecule has 0 aliphatic heterocycles. The van der Waals surface area contributed by atoms with Gasteiger partial charge in [-0.2, -0.15) is 0 Å². The number of benzene rings is 7. The molecule has 0 bridgehead atoms. The van der Waals surface area contributed by atoms with Gasteiger partial charge in [-0.05, 0) is 57.1 Å². The second-order valence-electron chi connectivity index (χ2n) is 13.7. The first-order chi connectivity index (χ1) is 29.9. The average Bonchev–Trinajstić information content (AvgIpc) is 3.96. The summed E-state index contributed by atoms with van der Waals surface area (Å²) in [6.07, 6.45) is 0. The first-order valence-corrected chi connectivity index (χ1v) is 19.5. The molecule has 0 amide bonds. The van der Waals surface area contributed by atoms with E-state index in [0.717, 1.165) is 70.5 Å². The summed E-state index contributed by atoms with van der Waals surface area (Å²) in [7, 11) is 0. The molecule has 260 valence electrons. The maximum atomic E-state index is 8.88. The molecule has 0 atom stereocenters. The van der Waals surface area contributed by atoms with E-state index < -0.39 is 19.1 Å². The summed E-state index contributed by atoms with van der Waals surface area (Å²) in [6.45, 7) is -5.86. The standard InChI is InChI=1S/C49H32N4S2/c1-49(2)39-24-25-41-45(54-28-50-41)42(39)38-23-22-32(27-40(38)49)35-19-11-21-37-36-20-10-18-34(43(36)55-44(35)37)31-16-9-17-33(26-31)48-52-46(29-12-5-3-6-13-29)51-47(53-48)30-14-7-4-8-15-30/h3-28H,1-2H3/i1D3,2D3,28D. The van der Waals surface area contributed by atoms with E-state index in [0.29, 0.717) is 38.8 Å². The first kappa shape index (κ1) is 25.6. The third-order valence-corrected chi connectivity index (χ3v) is 12.6. The minimum Gasteiger partial charge on any atom is -0.245 e. The molecule has 0 fully saturated rings. The van der Waals surface area contributed by atoms with Crippen molar-refractivity contribution in [3.63, 3.8) is 0 Å². The Morgan fingerprint density at radius 2 is 1.07 bits per heavy atom. The largest absolute Gasteiger partial charge is 0.245 e. The van der Waals surface area contributed by atoms with Gasteiger partial charge in [-0.25, -0.2) is 19.9 Å². The highest BCUT2D eigenvalue weighted by Gasteiger charge is 2.37. The number of hydrogen-bond donors (Lipinski definition) is 0. The van der Waals surface area contributed by atoms with Crippen LogP contribution in [0.25, 0.3) is 97.9 Å². The number of thiazole rings is 1. The van der Waals surface area contributed by atoms with Gasteiger partial charge in [0, 0.05) is 56.1 Å². The molecule has 0 spiro atoms. The molecular weight excluding hydrogens is 709 g/mol. The number of aromatic nitrogens is 4. The van der Waals surface area contributed by atoms with Crippen molar-refractivity contribution < 1.29 is 9.60 Å². The van der Waals surface area contributed by atoms with Gasteiger partial charge in [0.15, 0.2) is 17.5 Å². The van der Waals surface area contributed by atoms with Crippen LogP contribution < -0.4 is 0 Å². The lowest BCUT2D eigenvalue weighted by atomic mass is 9.81. The minimum absolute atomic E-state index is 0.0782. The fourth-order valence-corrected chi connectivity index (χ4v) is 10.0. The maximum absolute atomic E-state index is 8.88. The van der Waals surface area contributed by atoms with E-state index in [1.54, 1.807) is 29.5 Å². The Bertz CT molecular complexity index is 3340. The molecule has 0 saturated heterocycles. The van der Waals surface area contributed by atoms with E-state index in [4.69, 9.17) is 24.5 Å². The van der Waals surface area contributed by atoms with Gasteiger partial charge in [-0.3, -0.25) is 0 Å². The maximum Gasteiger partial charge on any atom is 0.164 e. The van der Waals surface area contributed by atoms with E-state index in [1.165, 1.54) is 0 Å². The molecule has 7 aromatic carbocycles. The molecule has 0 saturated carbocycles. The monoisotopic (exact) mass is 747 g/mol. The van der Waals surface area contributed by atoms with Crippen molar-refractivity contribution in [3.05, 3.63) is 168 Å². The Kier molecular flexibility index (Phi) is 5.76. The summed E-state index contributed by atoms with van der Waals surface area (Å²) < 4.78 is 64.2. The zero-order valence-electron chi connectivity index (χ0n) is 36.0. The van der Waals surface area contributed by atoms with Crippen LogP contribution in [0.5, 0.6) is 0 Å². The van der Waals surface area contributed by atoms with Crippen LogP contribution >= 0.6 is 22.7 Å². The van der Waals surface area contributed by atoms with Crippen molar-refractivity contribution in [3.8, 4) is 67.5 Å². The summed E-state index contributed by atoms with van der Waals surface area (Å²) in [6, 6.07) is 49.2. The van der Waals surface area contributed by atoms with E-state index in [1.807, 2.05) is 97.1 Å². The van der Waals surface area contributed by atoms with Crippen LogP contribution in [0.1, 0.15) is 34.4 Å². The second kappa shape index (κ2) is 12.4. The number of hydrogen-bond acceptors (Lipinski definition) is 6. The highest BCUT2D eigenvalue weighted by Crippen LogP contribution is 2.53. The Balaban J connectivity index is 1.06. The third kappa shape index (κ3) is 5.09. The molecule has 6 heteroatoms. The van der Waals surface area contributed by atoms with Gasteiger partial charge in [0.2, 0.25) is 0 Å². The lowest BCUT2D eigenvalue weighted by Gasteiger charge is -2.22. The van der Waals surface area contributed by atoms with Crippen molar-refractivity contribution in [2.45, 2.75) is 19.1 Å². The molecule has 3 aromatic heterocycles. The summed E-state index contributed by atoms with van der Waals surface area (Å²) in [5, 5.41) is 2.10. The van der Waals surface area contributed by atoms with Crippen LogP contribution in [0.3, 0.4) is 0 Å². The topological polar surface area (TPSA) is 51.6 Å². The fraction of sp³-hybridized carbons (Fsp3) is 0.0612. The van der Waals surface area contributed by atoms with Gasteiger partial charge in [-0.1, -0.05) is 147 Å². The van der Waals surface area contributed by atoms with Gasteiger partial charge in [0.05, 0.1) is 17.1 Å². The lowest BCUT2D eigenvalue weighted by molar-refractivity contribution is 0.661. The molecule has 0 N–H and O–H groups in total. The predicted molar refractivity (Wildman–Crippen MR) is 231 cm³/mol. The van der Waals surface area contributed by atoms with Crippen LogP contribution in [-0.2, 0) is 5.41 Å². The Hall–Kier alpha value is -6.34. The average molecular weight is 748 g/mol. The van der Waals surface area contributed by atoms with Crippen LogP contribution in [0.2, 0.25) is 0 Å². The molecule has 55 heavy (non-hydrogen) atoms. The smallest absolute Gasteiger partial charge is 0.164 e. The lowest BCUT2D eigenvalue weighted by Crippen LogP contribution is -2.14. The van der Waals surface area contributed by atoms with Crippen LogP contribution in [0, 0.1) is 0 Å². The van der Waals surface area contributed by atoms with E-state index in [-0.39, 0.29) is 16.6 Å². The van der Waals surface area contributed by atoms with Crippen LogP contribution in [0.15, 0.2) is 157 Å². The van der Waals surface area contributed by atoms with Crippen molar-refractivity contribution in [2.24, 2.45) is 0 Å². The minimum atomic E-state index is -2.93. The summed E-state index contributed by atoms with van der Waals surface area (Å²) in [4.78, 5) is 19.1. The number of rotatable bonds is 5. The third-order valence-electron chi connectivity index (χ3n) is 10.5. The first-order valence-electron chi connectivity index (χ1n) is 21.4. The Labute approximate surface area is 336 Å². The van der Waals surface area contributed by atoms with Gasteiger partial charge in [-0.15, -0.1) is 22.7 Å². The molecule has 4 nitrogen and oxygen atoms in total. The summed E-state index contributed by atoms with van der Waals surface area (Å²) in [5.41, 5.74) is 6.10. The Morgan fingerprint density at radius 1 is 0.491 bits per heavy atom. The zero-order valence-corrected chi connectivity index (χ0v) is 30.7. The molecular formula is C49H32N4S2. The molecule has 0 radical (unpaired) electrons. The molecule has 3 heterocycles. The van der Waals surface area contributed by atoms with Crippen molar-refractivity contribution >= 4 is 53.1 Å². The van der Waals surface area contributed by atoms with Gasteiger partial charge >= 0.3 is 0 Å². The van der Waals surface area contributed by atoms with E-state index in [2.05, 4.69) is 41.4 Å². The predicted octanol–water partition coefficient (Wildman–Crippen LogP) is 13.5. The summed E-state index contributed by atoms with van der Waals surface area (Å²) >= 11 is 2.78. The highest BCUT2D eigenvalue weighted by molar-refractivity contribution is 7.26. The number of nitrogens with zero attached hydrogens (tertiary/aromatic N) is 4. The molecule has 1 aliphatic rings. The highest BCUT2D eigenvalue weighted by atomic mass is 32.1. The Morgan fingerprint density at radius 3 is 1.73 bits per heavy atom. The van der Waals surface area contributed by atoms with Crippen molar-refractivity contribution in [1.82, 2.24) is 19.9 Å². The molecule has 0 unspecified atom stereocenters. The molecule has 1 aliphatic carbocycles. The van der Waals surface area contributed by atoms with Crippen molar-refractivity contribution in [2.75, 3.05) is 0 Å². The van der Waals surface area contributed by atoms with Gasteiger partial charge in [0.25, 0.3) is 0 Å². The fourth-order valence-electron chi connectivity index (χ4n) is 7.88. The van der Waals surface area contributed by atoms with E-state index in [9.17, 15) is 0 Å². The van der Waals surface area contributed by atoms with Crippen LogP contribution in [-0.4, -0.2) is 19.9 Å². The summed E-state index contributed by atoms with van der Waals surface area (Å²) in [5.74, 6) is 1.73. The molecule has 10 aromatic rings. The van der Waals surface area contributed by atoms with Crippen LogP contribution in [0.4, 0.5) is 0 Å². The van der Waals surface area contributed by atoms with Crippen molar-refractivity contribution in [1.29, 1.82) is 0 Å². The van der Waals surface area contributed by atoms with E-state index >= 15 is 0 Å². The SMILES string of the molecule is [2H]c1nc2ccc3c(c2s1)-c1ccc(-c2cccc4c2sc2c(-c5cccc(-c6nc(-c7ccccc7)nc(-c7ccccc7)n6)c5)cccc24)cc1C3(C([2H])([2H])[2H])C([2H])([2H])[2H]. The second-order valence-corrected chi connectivity index (χ2v) is 15.6. The van der Waals surface area contributed by atoms with Gasteiger partial charge in [0.1, 0.15) is 0 Å². The quantitative estimate of drug-likeness (QED) is 0.176. The zero-order chi connectivity index (χ0) is 42.5. The molecule has 11 rings (SSSR count). The van der Waals surface area contributed by atoms with Gasteiger partial charge < -0.3 is 0 Å².